The highest BCUT2D eigenvalue weighted by Crippen LogP contribution is 2.21. The number of carbonyl (C=O) groups excluding carboxylic acids is 2. The van der Waals surface area contributed by atoms with Gasteiger partial charge in [-0.1, -0.05) is 18.2 Å². The van der Waals surface area contributed by atoms with Crippen LogP contribution in [0, 0.1) is 0 Å². The Morgan fingerprint density at radius 3 is 2.79 bits per heavy atom. The number of urea groups is 1. The average molecular weight is 327 g/mol. The van der Waals surface area contributed by atoms with Gasteiger partial charge in [0.25, 0.3) is 0 Å². The second-order valence-electron chi connectivity index (χ2n) is 5.77. The molecule has 7 nitrogen and oxygen atoms in total. The van der Waals surface area contributed by atoms with E-state index in [1.807, 2.05) is 50.4 Å². The highest BCUT2D eigenvalue weighted by atomic mass is 16.2. The number of hydrogen-bond acceptors (Lipinski definition) is 3. The van der Waals surface area contributed by atoms with Crippen molar-refractivity contribution in [2.75, 3.05) is 19.8 Å². The Kier molecular flexibility index (Phi) is 4.50. The fourth-order valence-electron chi connectivity index (χ4n) is 2.84. The standard InChI is InChI=1S/C17H21N5O2/c1-3-20-12-21(11-16(20)23)17(24)19-13(2)14-7-4-5-8-15(14)22-10-6-9-18-22/h4-10,13H,3,11-12H2,1-2H3,(H,19,24)/t13-/m1/s1. The van der Waals surface area contributed by atoms with E-state index in [1.54, 1.807) is 15.8 Å². The van der Waals surface area contributed by atoms with E-state index in [9.17, 15) is 9.59 Å². The molecule has 7 heteroatoms. The Bertz CT molecular complexity index is 728. The van der Waals surface area contributed by atoms with E-state index in [0.717, 1.165) is 11.3 Å². The van der Waals surface area contributed by atoms with Gasteiger partial charge in [-0.25, -0.2) is 9.48 Å². The zero-order valence-corrected chi connectivity index (χ0v) is 13.8. The number of likely N-dealkylation sites (N-methyl/N-ethyl adjacent to an activating group) is 1. The van der Waals surface area contributed by atoms with Crippen molar-refractivity contribution in [3.8, 4) is 5.69 Å². The summed E-state index contributed by atoms with van der Waals surface area (Å²) in [6.45, 7) is 4.92. The van der Waals surface area contributed by atoms with E-state index in [1.165, 1.54) is 4.90 Å². The molecule has 1 aromatic heterocycles. The molecule has 0 bridgehead atoms. The van der Waals surface area contributed by atoms with Crippen LogP contribution in [0.1, 0.15) is 25.5 Å². The molecule has 126 valence electrons. The van der Waals surface area contributed by atoms with Crippen molar-refractivity contribution < 1.29 is 9.59 Å². The van der Waals surface area contributed by atoms with Crippen LogP contribution in [0.5, 0.6) is 0 Å². The maximum Gasteiger partial charge on any atom is 0.319 e. The lowest BCUT2D eigenvalue weighted by atomic mass is 10.1. The van der Waals surface area contributed by atoms with E-state index in [-0.39, 0.29) is 24.5 Å². The van der Waals surface area contributed by atoms with Gasteiger partial charge in [0.1, 0.15) is 6.54 Å². The third-order valence-corrected chi connectivity index (χ3v) is 4.18. The lowest BCUT2D eigenvalue weighted by molar-refractivity contribution is -0.126. The Hall–Kier alpha value is -2.83. The third kappa shape index (κ3) is 3.10. The van der Waals surface area contributed by atoms with Crippen molar-refractivity contribution in [3.05, 3.63) is 48.3 Å². The number of nitrogens with zero attached hydrogens (tertiary/aromatic N) is 4. The Labute approximate surface area is 140 Å². The summed E-state index contributed by atoms with van der Waals surface area (Å²) in [7, 11) is 0. The molecule has 0 unspecified atom stereocenters. The molecule has 0 saturated carbocycles. The quantitative estimate of drug-likeness (QED) is 0.930. The maximum atomic E-state index is 12.4. The summed E-state index contributed by atoms with van der Waals surface area (Å²) in [5.74, 6) is -0.0164. The molecule has 1 fully saturated rings. The van der Waals surface area contributed by atoms with Crippen LogP contribution < -0.4 is 5.32 Å². The van der Waals surface area contributed by atoms with Gasteiger partial charge in [0.2, 0.25) is 5.91 Å². The summed E-state index contributed by atoms with van der Waals surface area (Å²) < 4.78 is 1.77. The number of para-hydroxylation sites is 1. The van der Waals surface area contributed by atoms with Gasteiger partial charge in [-0.3, -0.25) is 9.69 Å². The minimum Gasteiger partial charge on any atom is -0.331 e. The summed E-state index contributed by atoms with van der Waals surface area (Å²) >= 11 is 0. The monoisotopic (exact) mass is 327 g/mol. The summed E-state index contributed by atoms with van der Waals surface area (Å²) in [6, 6.07) is 9.22. The van der Waals surface area contributed by atoms with Gasteiger partial charge in [0.05, 0.1) is 18.4 Å². The van der Waals surface area contributed by atoms with Gasteiger partial charge < -0.3 is 10.2 Å². The van der Waals surface area contributed by atoms with Gasteiger partial charge in [-0.05, 0) is 31.5 Å². The van der Waals surface area contributed by atoms with Gasteiger partial charge >= 0.3 is 6.03 Å². The highest BCUT2D eigenvalue weighted by molar-refractivity contribution is 5.87. The van der Waals surface area contributed by atoms with Gasteiger partial charge in [0.15, 0.2) is 0 Å². The number of rotatable bonds is 4. The van der Waals surface area contributed by atoms with Crippen molar-refractivity contribution in [1.82, 2.24) is 24.9 Å². The zero-order chi connectivity index (χ0) is 17.1. The second-order valence-corrected chi connectivity index (χ2v) is 5.77. The second kappa shape index (κ2) is 6.74. The third-order valence-electron chi connectivity index (χ3n) is 4.18. The first-order valence-electron chi connectivity index (χ1n) is 8.02. The number of carbonyl (C=O) groups is 2. The normalized spacial score (nSPS) is 15.7. The minimum atomic E-state index is -0.234. The molecule has 1 aliphatic rings. The number of benzene rings is 1. The maximum absolute atomic E-state index is 12.4. The summed E-state index contributed by atoms with van der Waals surface area (Å²) in [6.07, 6.45) is 3.58. The van der Waals surface area contributed by atoms with Crippen molar-refractivity contribution in [1.29, 1.82) is 0 Å². The molecule has 1 saturated heterocycles. The lowest BCUT2D eigenvalue weighted by Gasteiger charge is -2.22. The van der Waals surface area contributed by atoms with Crippen LogP contribution in [-0.2, 0) is 4.79 Å². The first-order chi connectivity index (χ1) is 11.6. The predicted molar refractivity (Wildman–Crippen MR) is 89.5 cm³/mol. The molecule has 0 radical (unpaired) electrons. The molecule has 24 heavy (non-hydrogen) atoms. The van der Waals surface area contributed by atoms with Crippen LogP contribution in [-0.4, -0.2) is 51.3 Å². The molecule has 2 aromatic rings. The van der Waals surface area contributed by atoms with E-state index in [4.69, 9.17) is 0 Å². The van der Waals surface area contributed by atoms with Crippen molar-refractivity contribution in [2.24, 2.45) is 0 Å². The number of aromatic nitrogens is 2. The average Bonchev–Trinajstić information content (AvgIpc) is 3.24. The Morgan fingerprint density at radius 1 is 1.33 bits per heavy atom. The first-order valence-corrected chi connectivity index (χ1v) is 8.02. The molecule has 0 spiro atoms. The molecular formula is C17H21N5O2. The highest BCUT2D eigenvalue weighted by Gasteiger charge is 2.30. The summed E-state index contributed by atoms with van der Waals surface area (Å²) in [5.41, 5.74) is 1.88. The molecular weight excluding hydrogens is 306 g/mol. The fraction of sp³-hybridized carbons (Fsp3) is 0.353. The van der Waals surface area contributed by atoms with Crippen molar-refractivity contribution in [3.63, 3.8) is 0 Å². The van der Waals surface area contributed by atoms with Crippen molar-refractivity contribution >= 4 is 11.9 Å². The zero-order valence-electron chi connectivity index (χ0n) is 13.8. The summed E-state index contributed by atoms with van der Waals surface area (Å²) in [4.78, 5) is 27.4. The number of hydrogen-bond donors (Lipinski definition) is 1. The van der Waals surface area contributed by atoms with E-state index < -0.39 is 0 Å². The minimum absolute atomic E-state index is 0.0164. The van der Waals surface area contributed by atoms with Crippen LogP contribution in [0.2, 0.25) is 0 Å². The lowest BCUT2D eigenvalue weighted by Crippen LogP contribution is -2.40. The van der Waals surface area contributed by atoms with Gasteiger partial charge in [-0.15, -0.1) is 0 Å². The predicted octanol–water partition coefficient (Wildman–Crippen LogP) is 1.76. The molecule has 3 rings (SSSR count). The molecule has 2 heterocycles. The van der Waals surface area contributed by atoms with Crippen LogP contribution in [0.25, 0.3) is 5.69 Å². The van der Waals surface area contributed by atoms with E-state index >= 15 is 0 Å². The molecule has 1 aromatic carbocycles. The number of amides is 3. The first kappa shape index (κ1) is 16.0. The van der Waals surface area contributed by atoms with Crippen LogP contribution in [0.3, 0.4) is 0 Å². The fourth-order valence-corrected chi connectivity index (χ4v) is 2.84. The Balaban J connectivity index is 1.73. The summed E-state index contributed by atoms with van der Waals surface area (Å²) in [5, 5.41) is 7.23. The SMILES string of the molecule is CCN1CN(C(=O)N[C@H](C)c2ccccc2-n2cccn2)CC1=O. The number of nitrogens with one attached hydrogen (secondary N) is 1. The van der Waals surface area contributed by atoms with Crippen molar-refractivity contribution in [2.45, 2.75) is 19.9 Å². The Morgan fingerprint density at radius 2 is 2.12 bits per heavy atom. The van der Waals surface area contributed by atoms with Gasteiger partial charge in [-0.2, -0.15) is 5.10 Å². The molecule has 1 atom stereocenters. The molecule has 0 aliphatic carbocycles. The molecule has 1 aliphatic heterocycles. The smallest absolute Gasteiger partial charge is 0.319 e. The molecule has 1 N–H and O–H groups in total. The molecule has 3 amide bonds. The topological polar surface area (TPSA) is 70.5 Å². The van der Waals surface area contributed by atoms with E-state index in [2.05, 4.69) is 10.4 Å². The van der Waals surface area contributed by atoms with E-state index in [0.29, 0.717) is 13.2 Å². The van der Waals surface area contributed by atoms with Crippen LogP contribution >= 0.6 is 0 Å². The van der Waals surface area contributed by atoms with Crippen LogP contribution in [0.15, 0.2) is 42.7 Å². The van der Waals surface area contributed by atoms with Crippen LogP contribution in [0.4, 0.5) is 4.79 Å². The van der Waals surface area contributed by atoms with Gasteiger partial charge in [0, 0.05) is 18.9 Å². The largest absolute Gasteiger partial charge is 0.331 e.